The molecule has 18 heavy (non-hydrogen) atoms. The number of aryl methyl sites for hydroxylation is 1. The van der Waals surface area contributed by atoms with Gasteiger partial charge < -0.3 is 5.32 Å². The van der Waals surface area contributed by atoms with Gasteiger partial charge >= 0.3 is 0 Å². The summed E-state index contributed by atoms with van der Waals surface area (Å²) >= 11 is 7.32. The van der Waals surface area contributed by atoms with E-state index in [0.29, 0.717) is 10.6 Å². The molecule has 2 rings (SSSR count). The van der Waals surface area contributed by atoms with Crippen molar-refractivity contribution >= 4 is 22.9 Å². The Labute approximate surface area is 115 Å². The second-order valence-corrected chi connectivity index (χ2v) is 5.28. The third kappa shape index (κ3) is 2.71. The van der Waals surface area contributed by atoms with E-state index in [-0.39, 0.29) is 11.9 Å². The normalized spacial score (nSPS) is 12.7. The Bertz CT molecular complexity index is 542. The predicted molar refractivity (Wildman–Crippen MR) is 73.8 cm³/mol. The van der Waals surface area contributed by atoms with Crippen LogP contribution >= 0.6 is 22.9 Å². The average Bonchev–Trinajstić information content (AvgIpc) is 2.73. The number of aromatic nitrogens is 1. The standard InChI is InChI=1S/C13H14ClFN2S/c1-3-16-12(13-8(2)17-7-18-13)10-5-4-9(14)6-11(10)15/h4-7,12,16H,3H2,1-2H3. The van der Waals surface area contributed by atoms with E-state index in [1.807, 2.05) is 13.8 Å². The molecular weight excluding hydrogens is 271 g/mol. The lowest BCUT2D eigenvalue weighted by Crippen LogP contribution is -2.22. The molecule has 1 aromatic carbocycles. The number of hydrogen-bond acceptors (Lipinski definition) is 3. The molecule has 1 heterocycles. The Morgan fingerprint density at radius 3 is 2.83 bits per heavy atom. The molecule has 0 bridgehead atoms. The Morgan fingerprint density at radius 1 is 1.50 bits per heavy atom. The van der Waals surface area contributed by atoms with Gasteiger partial charge in [0, 0.05) is 15.5 Å². The third-order valence-corrected chi connectivity index (χ3v) is 3.96. The molecule has 0 aliphatic rings. The molecule has 0 saturated carbocycles. The summed E-state index contributed by atoms with van der Waals surface area (Å²) in [5.74, 6) is -0.291. The highest BCUT2D eigenvalue weighted by Crippen LogP contribution is 2.30. The van der Waals surface area contributed by atoms with Crippen molar-refractivity contribution in [3.8, 4) is 0 Å². The van der Waals surface area contributed by atoms with E-state index in [0.717, 1.165) is 17.1 Å². The van der Waals surface area contributed by atoms with Crippen molar-refractivity contribution in [1.29, 1.82) is 0 Å². The number of thiazole rings is 1. The first kappa shape index (κ1) is 13.5. The molecule has 0 saturated heterocycles. The van der Waals surface area contributed by atoms with Gasteiger partial charge in [-0.3, -0.25) is 0 Å². The number of halogens is 2. The first-order valence-electron chi connectivity index (χ1n) is 5.71. The molecular formula is C13H14ClFN2S. The highest BCUT2D eigenvalue weighted by molar-refractivity contribution is 7.09. The van der Waals surface area contributed by atoms with Crippen LogP contribution in [0.4, 0.5) is 4.39 Å². The summed E-state index contributed by atoms with van der Waals surface area (Å²) in [5, 5.41) is 3.70. The SMILES string of the molecule is CCNC(c1ccc(Cl)cc1F)c1scnc1C. The lowest BCUT2D eigenvalue weighted by atomic mass is 10.0. The van der Waals surface area contributed by atoms with E-state index >= 15 is 0 Å². The summed E-state index contributed by atoms with van der Waals surface area (Å²) in [6, 6.07) is 4.61. The largest absolute Gasteiger partial charge is 0.306 e. The molecule has 1 unspecified atom stereocenters. The van der Waals surface area contributed by atoms with Gasteiger partial charge in [0.15, 0.2) is 0 Å². The van der Waals surface area contributed by atoms with Gasteiger partial charge in [-0.15, -0.1) is 11.3 Å². The van der Waals surface area contributed by atoms with E-state index in [9.17, 15) is 4.39 Å². The molecule has 0 fully saturated rings. The second kappa shape index (κ2) is 5.78. The van der Waals surface area contributed by atoms with Crippen molar-refractivity contribution in [1.82, 2.24) is 10.3 Å². The number of hydrogen-bond donors (Lipinski definition) is 1. The van der Waals surface area contributed by atoms with E-state index in [1.165, 1.54) is 17.4 Å². The van der Waals surface area contributed by atoms with Gasteiger partial charge in [-0.05, 0) is 25.6 Å². The van der Waals surface area contributed by atoms with Crippen LogP contribution in [0.3, 0.4) is 0 Å². The fourth-order valence-corrected chi connectivity index (χ4v) is 2.92. The molecule has 0 aliphatic carbocycles. The first-order valence-corrected chi connectivity index (χ1v) is 6.97. The van der Waals surface area contributed by atoms with Crippen molar-refractivity contribution in [2.45, 2.75) is 19.9 Å². The topological polar surface area (TPSA) is 24.9 Å². The van der Waals surface area contributed by atoms with Crippen LogP contribution in [0.1, 0.15) is 29.1 Å². The van der Waals surface area contributed by atoms with Gasteiger partial charge in [0.05, 0.1) is 17.2 Å². The van der Waals surface area contributed by atoms with E-state index in [2.05, 4.69) is 10.3 Å². The summed E-state index contributed by atoms with van der Waals surface area (Å²) in [6.45, 7) is 4.69. The van der Waals surface area contributed by atoms with Crippen LogP contribution in [0.2, 0.25) is 5.02 Å². The molecule has 1 N–H and O–H groups in total. The van der Waals surface area contributed by atoms with E-state index in [4.69, 9.17) is 11.6 Å². The summed E-state index contributed by atoms with van der Waals surface area (Å²) in [5.41, 5.74) is 3.32. The summed E-state index contributed by atoms with van der Waals surface area (Å²) < 4.78 is 14.0. The minimum Gasteiger partial charge on any atom is -0.306 e. The zero-order chi connectivity index (χ0) is 13.1. The molecule has 96 valence electrons. The molecule has 1 atom stereocenters. The number of nitrogens with zero attached hydrogens (tertiary/aromatic N) is 1. The summed E-state index contributed by atoms with van der Waals surface area (Å²) in [7, 11) is 0. The van der Waals surface area contributed by atoms with Crippen molar-refractivity contribution in [2.75, 3.05) is 6.54 Å². The second-order valence-electron chi connectivity index (χ2n) is 3.96. The van der Waals surface area contributed by atoms with Crippen molar-refractivity contribution in [3.63, 3.8) is 0 Å². The maximum Gasteiger partial charge on any atom is 0.129 e. The Hall–Kier alpha value is -0.970. The van der Waals surface area contributed by atoms with Gasteiger partial charge in [0.1, 0.15) is 5.82 Å². The fourth-order valence-electron chi connectivity index (χ4n) is 1.87. The zero-order valence-electron chi connectivity index (χ0n) is 10.2. The third-order valence-electron chi connectivity index (χ3n) is 2.73. The maximum absolute atomic E-state index is 14.0. The Balaban J connectivity index is 2.45. The van der Waals surface area contributed by atoms with Crippen LogP contribution in [-0.4, -0.2) is 11.5 Å². The lowest BCUT2D eigenvalue weighted by molar-refractivity contribution is 0.561. The number of benzene rings is 1. The molecule has 5 heteroatoms. The quantitative estimate of drug-likeness (QED) is 0.920. The molecule has 0 aliphatic heterocycles. The molecule has 2 aromatic rings. The molecule has 1 aromatic heterocycles. The van der Waals surface area contributed by atoms with Gasteiger partial charge in [-0.1, -0.05) is 24.6 Å². The molecule has 0 spiro atoms. The minimum absolute atomic E-state index is 0.167. The van der Waals surface area contributed by atoms with Gasteiger partial charge in [0.25, 0.3) is 0 Å². The van der Waals surface area contributed by atoms with Gasteiger partial charge in [-0.25, -0.2) is 9.37 Å². The Kier molecular flexibility index (Phi) is 4.32. The lowest BCUT2D eigenvalue weighted by Gasteiger charge is -2.18. The first-order chi connectivity index (χ1) is 8.63. The average molecular weight is 285 g/mol. The highest BCUT2D eigenvalue weighted by atomic mass is 35.5. The molecule has 2 nitrogen and oxygen atoms in total. The maximum atomic E-state index is 14.0. The summed E-state index contributed by atoms with van der Waals surface area (Å²) in [6.07, 6.45) is 0. The fraction of sp³-hybridized carbons (Fsp3) is 0.308. The van der Waals surface area contributed by atoms with Crippen molar-refractivity contribution < 1.29 is 4.39 Å². The molecule has 0 amide bonds. The number of nitrogens with one attached hydrogen (secondary N) is 1. The van der Waals surface area contributed by atoms with Crippen LogP contribution in [0.15, 0.2) is 23.7 Å². The van der Waals surface area contributed by atoms with E-state index < -0.39 is 0 Å². The van der Waals surface area contributed by atoms with Crippen LogP contribution in [0.25, 0.3) is 0 Å². The van der Waals surface area contributed by atoms with Gasteiger partial charge in [-0.2, -0.15) is 0 Å². The van der Waals surface area contributed by atoms with Crippen molar-refractivity contribution in [2.24, 2.45) is 0 Å². The Morgan fingerprint density at radius 2 is 2.28 bits per heavy atom. The predicted octanol–water partition coefficient (Wildman–Crippen LogP) is 3.94. The van der Waals surface area contributed by atoms with Crippen LogP contribution in [0.5, 0.6) is 0 Å². The van der Waals surface area contributed by atoms with Gasteiger partial charge in [0.2, 0.25) is 0 Å². The highest BCUT2D eigenvalue weighted by Gasteiger charge is 2.20. The molecule has 0 radical (unpaired) electrons. The monoisotopic (exact) mass is 284 g/mol. The van der Waals surface area contributed by atoms with Crippen LogP contribution in [0, 0.1) is 12.7 Å². The van der Waals surface area contributed by atoms with Crippen molar-refractivity contribution in [3.05, 3.63) is 50.7 Å². The smallest absolute Gasteiger partial charge is 0.129 e. The zero-order valence-corrected chi connectivity index (χ0v) is 11.8. The number of rotatable bonds is 4. The van der Waals surface area contributed by atoms with Crippen LogP contribution < -0.4 is 5.32 Å². The van der Waals surface area contributed by atoms with Crippen LogP contribution in [-0.2, 0) is 0 Å². The minimum atomic E-state index is -0.291. The van der Waals surface area contributed by atoms with E-state index in [1.54, 1.807) is 17.6 Å². The summed E-state index contributed by atoms with van der Waals surface area (Å²) in [4.78, 5) is 5.26.